The molecule has 0 atom stereocenters. The van der Waals surface area contributed by atoms with Crippen molar-refractivity contribution in [2.45, 2.75) is 45.3 Å². The molecule has 0 aromatic heterocycles. The van der Waals surface area contributed by atoms with Gasteiger partial charge in [0.15, 0.2) is 8.32 Å². The molecule has 0 unspecified atom stereocenters. The van der Waals surface area contributed by atoms with E-state index in [1.54, 1.807) is 6.07 Å². The van der Waals surface area contributed by atoms with Gasteiger partial charge < -0.3 is 47.5 Å². The van der Waals surface area contributed by atoms with Gasteiger partial charge in [0, 0.05) is 37.2 Å². The molecule has 2 rings (SSSR count). The first-order valence-corrected chi connectivity index (χ1v) is 16.0. The van der Waals surface area contributed by atoms with E-state index >= 15 is 0 Å². The SMILES string of the molecule is COc1cc(C(N)=O)cc(N)c1NCC=CCNc1c(N)cc(C(N)=O)cc1OCCCO[Si](C)(C)C(C)(C)C. The van der Waals surface area contributed by atoms with Crippen LogP contribution in [0.2, 0.25) is 18.1 Å². The molecule has 0 aliphatic heterocycles. The number of carbonyl (C=O) groups is 2. The van der Waals surface area contributed by atoms with E-state index in [0.29, 0.717) is 67.0 Å². The van der Waals surface area contributed by atoms with Crippen molar-refractivity contribution in [2.24, 2.45) is 11.5 Å². The van der Waals surface area contributed by atoms with Crippen LogP contribution in [0.25, 0.3) is 0 Å². The number of nitrogen functional groups attached to an aromatic ring is 2. The van der Waals surface area contributed by atoms with E-state index < -0.39 is 20.1 Å². The fourth-order valence-electron chi connectivity index (χ4n) is 3.49. The van der Waals surface area contributed by atoms with E-state index in [1.165, 1.54) is 25.3 Å². The van der Waals surface area contributed by atoms with Gasteiger partial charge in [-0.2, -0.15) is 0 Å². The number of methoxy groups -OCH3 is 1. The topological polar surface area (TPSA) is 190 Å². The van der Waals surface area contributed by atoms with Crippen molar-refractivity contribution in [1.29, 1.82) is 0 Å². The van der Waals surface area contributed by atoms with Crippen molar-refractivity contribution < 1.29 is 23.5 Å². The maximum absolute atomic E-state index is 11.8. The molecule has 0 saturated heterocycles. The quantitative estimate of drug-likeness (QED) is 0.0794. The Morgan fingerprint density at radius 1 is 0.850 bits per heavy atom. The molecule has 0 radical (unpaired) electrons. The standard InChI is InChI=1S/C28H44N6O5Si/c1-28(2,3)40(5,6)39-13-9-12-38-23-17-19(27(32)36)15-21(30)25(23)34-11-8-7-10-33-24-20(29)14-18(26(31)35)16-22(24)37-4/h7-8,14-17,33-34H,9-13,29-30H2,1-6H3,(H2,31,35)(H2,32,36). The summed E-state index contributed by atoms with van der Waals surface area (Å²) >= 11 is 0. The Bertz CT molecular complexity index is 1230. The summed E-state index contributed by atoms with van der Waals surface area (Å²) in [6.07, 6.45) is 4.47. The normalized spacial score (nSPS) is 11.8. The molecule has 10 N–H and O–H groups in total. The number of rotatable bonds is 15. The lowest BCUT2D eigenvalue weighted by molar-refractivity contribution is 0.0991. The molecule has 2 aromatic carbocycles. The van der Waals surface area contributed by atoms with Crippen LogP contribution in [-0.4, -0.2) is 53.5 Å². The molecule has 40 heavy (non-hydrogen) atoms. The third-order valence-electron chi connectivity index (χ3n) is 6.83. The second-order valence-corrected chi connectivity index (χ2v) is 15.7. The molecule has 0 bridgehead atoms. The van der Waals surface area contributed by atoms with Crippen molar-refractivity contribution in [3.63, 3.8) is 0 Å². The number of benzene rings is 2. The Kier molecular flexibility index (Phi) is 11.3. The minimum absolute atomic E-state index is 0.131. The summed E-state index contributed by atoms with van der Waals surface area (Å²) in [5.74, 6) is -0.318. The fourth-order valence-corrected chi connectivity index (χ4v) is 4.57. The highest BCUT2D eigenvalue weighted by molar-refractivity contribution is 6.74. The molecule has 220 valence electrons. The zero-order chi connectivity index (χ0) is 30.1. The molecular formula is C28H44N6O5Si. The number of nitrogens with two attached hydrogens (primary N) is 4. The van der Waals surface area contributed by atoms with Crippen LogP contribution in [0.15, 0.2) is 36.4 Å². The second kappa shape index (κ2) is 13.9. The molecule has 0 fully saturated rings. The van der Waals surface area contributed by atoms with Gasteiger partial charge in [0.25, 0.3) is 0 Å². The van der Waals surface area contributed by atoms with Gasteiger partial charge in [0.1, 0.15) is 22.9 Å². The molecule has 0 saturated carbocycles. The first kappa shape index (κ1) is 32.3. The number of ether oxygens (including phenoxy) is 2. The third kappa shape index (κ3) is 8.81. The lowest BCUT2D eigenvalue weighted by Gasteiger charge is -2.36. The van der Waals surface area contributed by atoms with Crippen molar-refractivity contribution in [3.05, 3.63) is 47.5 Å². The number of primary amides is 2. The summed E-state index contributed by atoms with van der Waals surface area (Å²) in [4.78, 5) is 23.2. The summed E-state index contributed by atoms with van der Waals surface area (Å²) in [6.45, 7) is 12.9. The zero-order valence-electron chi connectivity index (χ0n) is 24.4. The fraction of sp³-hybridized carbons (Fsp3) is 0.429. The Hall–Kier alpha value is -3.90. The van der Waals surface area contributed by atoms with Crippen LogP contribution in [0.5, 0.6) is 11.5 Å². The van der Waals surface area contributed by atoms with E-state index in [9.17, 15) is 9.59 Å². The number of carbonyl (C=O) groups excluding carboxylic acids is 2. The Morgan fingerprint density at radius 2 is 1.32 bits per heavy atom. The molecule has 0 heterocycles. The Labute approximate surface area is 237 Å². The highest BCUT2D eigenvalue weighted by atomic mass is 28.4. The predicted molar refractivity (Wildman–Crippen MR) is 165 cm³/mol. The van der Waals surface area contributed by atoms with Gasteiger partial charge in [-0.05, 0) is 42.4 Å². The third-order valence-corrected chi connectivity index (χ3v) is 11.4. The van der Waals surface area contributed by atoms with Gasteiger partial charge in [0.05, 0.1) is 25.1 Å². The average molecular weight is 573 g/mol. The lowest BCUT2D eigenvalue weighted by atomic mass is 10.1. The van der Waals surface area contributed by atoms with Gasteiger partial charge in [-0.25, -0.2) is 0 Å². The van der Waals surface area contributed by atoms with Crippen LogP contribution in [-0.2, 0) is 4.43 Å². The van der Waals surface area contributed by atoms with Gasteiger partial charge in [-0.15, -0.1) is 0 Å². The lowest BCUT2D eigenvalue weighted by Crippen LogP contribution is -2.41. The number of hydrogen-bond acceptors (Lipinski definition) is 9. The highest BCUT2D eigenvalue weighted by Crippen LogP contribution is 2.37. The van der Waals surface area contributed by atoms with Crippen molar-refractivity contribution in [1.82, 2.24) is 0 Å². The van der Waals surface area contributed by atoms with Crippen LogP contribution in [0.3, 0.4) is 0 Å². The molecule has 0 aliphatic rings. The van der Waals surface area contributed by atoms with Crippen molar-refractivity contribution in [3.8, 4) is 11.5 Å². The van der Waals surface area contributed by atoms with E-state index in [1.807, 2.05) is 12.2 Å². The van der Waals surface area contributed by atoms with E-state index in [0.717, 1.165) is 0 Å². The zero-order valence-corrected chi connectivity index (χ0v) is 25.4. The maximum atomic E-state index is 11.8. The number of nitrogens with one attached hydrogen (secondary N) is 2. The summed E-state index contributed by atoms with van der Waals surface area (Å²) in [5.41, 5.74) is 25.5. The van der Waals surface area contributed by atoms with Crippen LogP contribution in [0.1, 0.15) is 47.9 Å². The largest absolute Gasteiger partial charge is 0.494 e. The average Bonchev–Trinajstić information content (AvgIpc) is 2.86. The first-order valence-electron chi connectivity index (χ1n) is 13.1. The Morgan fingerprint density at radius 3 is 1.77 bits per heavy atom. The molecule has 0 aliphatic carbocycles. The van der Waals surface area contributed by atoms with E-state index in [2.05, 4.69) is 44.5 Å². The van der Waals surface area contributed by atoms with Gasteiger partial charge in [-0.1, -0.05) is 32.9 Å². The summed E-state index contributed by atoms with van der Waals surface area (Å²) in [6, 6.07) is 6.14. The number of hydrogen-bond donors (Lipinski definition) is 6. The van der Waals surface area contributed by atoms with Crippen LogP contribution in [0, 0.1) is 0 Å². The summed E-state index contributed by atoms with van der Waals surface area (Å²) in [7, 11) is -0.353. The first-order chi connectivity index (χ1) is 18.7. The van der Waals surface area contributed by atoms with E-state index in [-0.39, 0.29) is 16.2 Å². The molecule has 12 heteroatoms. The summed E-state index contributed by atoms with van der Waals surface area (Å²) < 4.78 is 17.5. The van der Waals surface area contributed by atoms with Gasteiger partial charge in [0.2, 0.25) is 11.8 Å². The van der Waals surface area contributed by atoms with Crippen LogP contribution in [0.4, 0.5) is 22.7 Å². The Balaban J connectivity index is 2.00. The predicted octanol–water partition coefficient (Wildman–Crippen LogP) is 3.93. The maximum Gasteiger partial charge on any atom is 0.248 e. The van der Waals surface area contributed by atoms with Crippen LogP contribution < -0.4 is 43.0 Å². The number of anilines is 4. The van der Waals surface area contributed by atoms with E-state index in [4.69, 9.17) is 36.8 Å². The molecule has 0 spiro atoms. The molecule has 2 amide bonds. The van der Waals surface area contributed by atoms with Crippen LogP contribution >= 0.6 is 0 Å². The summed E-state index contributed by atoms with van der Waals surface area (Å²) in [5, 5.41) is 6.55. The monoisotopic (exact) mass is 572 g/mol. The van der Waals surface area contributed by atoms with Gasteiger partial charge in [-0.3, -0.25) is 9.59 Å². The molecule has 2 aromatic rings. The molecule has 11 nitrogen and oxygen atoms in total. The van der Waals surface area contributed by atoms with Crippen molar-refractivity contribution in [2.75, 3.05) is 55.5 Å². The minimum atomic E-state index is -1.84. The number of amides is 2. The second-order valence-electron chi connectivity index (χ2n) is 10.9. The van der Waals surface area contributed by atoms with Crippen molar-refractivity contribution >= 4 is 42.9 Å². The molecular weight excluding hydrogens is 528 g/mol. The smallest absolute Gasteiger partial charge is 0.248 e. The minimum Gasteiger partial charge on any atom is -0.494 e. The highest BCUT2D eigenvalue weighted by Gasteiger charge is 2.36. The van der Waals surface area contributed by atoms with Gasteiger partial charge >= 0.3 is 0 Å².